The topological polar surface area (TPSA) is 41.6 Å². The van der Waals surface area contributed by atoms with E-state index in [4.69, 9.17) is 4.74 Å². The minimum atomic E-state index is -0.0313. The Labute approximate surface area is 149 Å². The zero-order chi connectivity index (χ0) is 17.5. The summed E-state index contributed by atoms with van der Waals surface area (Å²) in [5.41, 5.74) is 1.02. The van der Waals surface area contributed by atoms with Crippen LogP contribution in [0.5, 0.6) is 5.75 Å². The second-order valence-electron chi connectivity index (χ2n) is 6.50. The van der Waals surface area contributed by atoms with Crippen molar-refractivity contribution in [1.82, 2.24) is 10.2 Å². The van der Waals surface area contributed by atoms with E-state index >= 15 is 0 Å². The molecule has 0 radical (unpaired) electrons. The van der Waals surface area contributed by atoms with E-state index < -0.39 is 0 Å². The minimum Gasteiger partial charge on any atom is -0.497 e. The summed E-state index contributed by atoms with van der Waals surface area (Å²) < 4.78 is 5.24. The highest BCUT2D eigenvalue weighted by molar-refractivity contribution is 5.93. The molecule has 25 heavy (non-hydrogen) atoms. The summed E-state index contributed by atoms with van der Waals surface area (Å²) in [7, 11) is 1.67. The second-order valence-corrected chi connectivity index (χ2v) is 6.50. The molecule has 1 aliphatic rings. The number of carbonyl (C=O) groups is 1. The van der Waals surface area contributed by atoms with Gasteiger partial charge in [0.15, 0.2) is 0 Å². The first kappa shape index (κ1) is 17.5. The number of amides is 1. The standard InChI is InChI=1S/C21H26N2O2/c1-25-20-9-8-18-15-17(5-7-19(18)16-20)6-10-21(24)22-11-4-14-23-12-2-3-13-23/h5-10,15-16H,2-4,11-14H2,1H3,(H,22,24)/b10-6+. The fourth-order valence-corrected chi connectivity index (χ4v) is 3.22. The Morgan fingerprint density at radius 3 is 2.72 bits per heavy atom. The number of benzene rings is 2. The molecule has 0 aliphatic carbocycles. The number of nitrogens with one attached hydrogen (secondary N) is 1. The van der Waals surface area contributed by atoms with Gasteiger partial charge in [0.1, 0.15) is 5.75 Å². The van der Waals surface area contributed by atoms with E-state index in [0.29, 0.717) is 0 Å². The molecule has 1 amide bonds. The Hall–Kier alpha value is -2.33. The van der Waals surface area contributed by atoms with Gasteiger partial charge in [-0.05, 0) is 79.5 Å². The third-order valence-electron chi connectivity index (χ3n) is 4.65. The fourth-order valence-electron chi connectivity index (χ4n) is 3.22. The number of likely N-dealkylation sites (tertiary alicyclic amines) is 1. The first-order chi connectivity index (χ1) is 12.2. The number of hydrogen-bond donors (Lipinski definition) is 1. The van der Waals surface area contributed by atoms with Crippen molar-refractivity contribution < 1.29 is 9.53 Å². The first-order valence-corrected chi connectivity index (χ1v) is 9.01. The fraction of sp³-hybridized carbons (Fsp3) is 0.381. The Morgan fingerprint density at radius 2 is 1.92 bits per heavy atom. The van der Waals surface area contributed by atoms with Crippen LogP contribution in [-0.4, -0.2) is 44.1 Å². The predicted molar refractivity (Wildman–Crippen MR) is 103 cm³/mol. The zero-order valence-corrected chi connectivity index (χ0v) is 14.8. The van der Waals surface area contributed by atoms with E-state index in [1.165, 1.54) is 25.9 Å². The van der Waals surface area contributed by atoms with Crippen molar-refractivity contribution in [2.45, 2.75) is 19.3 Å². The molecule has 0 bridgehead atoms. The van der Waals surface area contributed by atoms with E-state index in [9.17, 15) is 4.79 Å². The highest BCUT2D eigenvalue weighted by Crippen LogP contribution is 2.22. The molecule has 1 saturated heterocycles. The van der Waals surface area contributed by atoms with Gasteiger partial charge in [0.05, 0.1) is 7.11 Å². The summed E-state index contributed by atoms with van der Waals surface area (Å²) in [6, 6.07) is 12.1. The van der Waals surface area contributed by atoms with Gasteiger partial charge in [-0.1, -0.05) is 18.2 Å². The Kier molecular flexibility index (Phi) is 6.07. The highest BCUT2D eigenvalue weighted by Gasteiger charge is 2.10. The Morgan fingerprint density at radius 1 is 1.16 bits per heavy atom. The number of fused-ring (bicyclic) bond motifs is 1. The van der Waals surface area contributed by atoms with Crippen molar-refractivity contribution >= 4 is 22.8 Å². The van der Waals surface area contributed by atoms with Crippen LogP contribution in [0.3, 0.4) is 0 Å². The van der Waals surface area contributed by atoms with Gasteiger partial charge in [-0.25, -0.2) is 0 Å². The molecule has 4 nitrogen and oxygen atoms in total. The van der Waals surface area contributed by atoms with Crippen LogP contribution in [0, 0.1) is 0 Å². The largest absolute Gasteiger partial charge is 0.497 e. The molecule has 1 aliphatic heterocycles. The number of carbonyl (C=O) groups excluding carboxylic acids is 1. The summed E-state index contributed by atoms with van der Waals surface area (Å²) >= 11 is 0. The third kappa shape index (κ3) is 5.07. The molecule has 1 N–H and O–H groups in total. The van der Waals surface area contributed by atoms with Crippen molar-refractivity contribution in [3.63, 3.8) is 0 Å². The number of hydrogen-bond acceptors (Lipinski definition) is 3. The van der Waals surface area contributed by atoms with Crippen LogP contribution >= 0.6 is 0 Å². The molecule has 3 rings (SSSR count). The van der Waals surface area contributed by atoms with E-state index in [0.717, 1.165) is 41.6 Å². The molecule has 1 fully saturated rings. The third-order valence-corrected chi connectivity index (χ3v) is 4.65. The van der Waals surface area contributed by atoms with Crippen LogP contribution < -0.4 is 10.1 Å². The van der Waals surface area contributed by atoms with Crippen molar-refractivity contribution in [3.05, 3.63) is 48.0 Å². The van der Waals surface area contributed by atoms with E-state index in [2.05, 4.69) is 16.3 Å². The molecule has 2 aromatic rings. The molecule has 0 unspecified atom stereocenters. The lowest BCUT2D eigenvalue weighted by molar-refractivity contribution is -0.116. The summed E-state index contributed by atoms with van der Waals surface area (Å²) in [5, 5.41) is 5.22. The summed E-state index contributed by atoms with van der Waals surface area (Å²) in [6.07, 6.45) is 7.11. The van der Waals surface area contributed by atoms with Crippen LogP contribution in [0.2, 0.25) is 0 Å². The van der Waals surface area contributed by atoms with Gasteiger partial charge in [0.2, 0.25) is 5.91 Å². The van der Waals surface area contributed by atoms with Crippen LogP contribution in [0.4, 0.5) is 0 Å². The van der Waals surface area contributed by atoms with Gasteiger partial charge in [-0.15, -0.1) is 0 Å². The van der Waals surface area contributed by atoms with Gasteiger partial charge >= 0.3 is 0 Å². The lowest BCUT2D eigenvalue weighted by Gasteiger charge is -2.13. The van der Waals surface area contributed by atoms with Gasteiger partial charge < -0.3 is 15.0 Å². The van der Waals surface area contributed by atoms with Crippen molar-refractivity contribution in [2.75, 3.05) is 33.3 Å². The van der Waals surface area contributed by atoms with Crippen LogP contribution in [0.15, 0.2) is 42.5 Å². The zero-order valence-electron chi connectivity index (χ0n) is 14.8. The Balaban J connectivity index is 1.48. The molecular formula is C21H26N2O2. The molecule has 1 heterocycles. The summed E-state index contributed by atoms with van der Waals surface area (Å²) in [5.74, 6) is 0.820. The molecule has 0 spiro atoms. The molecule has 0 aromatic heterocycles. The Bertz CT molecular complexity index is 749. The molecule has 132 valence electrons. The maximum atomic E-state index is 11.9. The molecule has 0 saturated carbocycles. The van der Waals surface area contributed by atoms with Crippen molar-refractivity contribution in [1.29, 1.82) is 0 Å². The highest BCUT2D eigenvalue weighted by atomic mass is 16.5. The summed E-state index contributed by atoms with van der Waals surface area (Å²) in [6.45, 7) is 4.23. The van der Waals surface area contributed by atoms with Gasteiger partial charge in [0.25, 0.3) is 0 Å². The lowest BCUT2D eigenvalue weighted by atomic mass is 10.1. The number of nitrogens with zero attached hydrogens (tertiary/aromatic N) is 1. The molecule has 4 heteroatoms. The minimum absolute atomic E-state index is 0.0313. The molecular weight excluding hydrogens is 312 g/mol. The number of rotatable bonds is 7. The van der Waals surface area contributed by atoms with E-state index in [-0.39, 0.29) is 5.91 Å². The SMILES string of the molecule is COc1ccc2cc(/C=C/C(=O)NCCCN3CCCC3)ccc2c1. The van der Waals surface area contributed by atoms with Crippen molar-refractivity contribution in [2.24, 2.45) is 0 Å². The quantitative estimate of drug-likeness (QED) is 0.621. The van der Waals surface area contributed by atoms with E-state index in [1.807, 2.05) is 36.4 Å². The maximum Gasteiger partial charge on any atom is 0.243 e. The van der Waals surface area contributed by atoms with Crippen LogP contribution in [0.1, 0.15) is 24.8 Å². The maximum absolute atomic E-state index is 11.9. The normalized spacial score (nSPS) is 15.1. The first-order valence-electron chi connectivity index (χ1n) is 9.01. The average molecular weight is 338 g/mol. The van der Waals surface area contributed by atoms with Crippen molar-refractivity contribution in [3.8, 4) is 5.75 Å². The van der Waals surface area contributed by atoms with Gasteiger partial charge in [-0.3, -0.25) is 4.79 Å². The number of methoxy groups -OCH3 is 1. The van der Waals surface area contributed by atoms with Gasteiger partial charge in [0, 0.05) is 12.6 Å². The van der Waals surface area contributed by atoms with Crippen LogP contribution in [-0.2, 0) is 4.79 Å². The number of ether oxygens (including phenoxy) is 1. The molecule has 2 aromatic carbocycles. The smallest absolute Gasteiger partial charge is 0.243 e. The van der Waals surface area contributed by atoms with E-state index in [1.54, 1.807) is 13.2 Å². The van der Waals surface area contributed by atoms with Gasteiger partial charge in [-0.2, -0.15) is 0 Å². The second kappa shape index (κ2) is 8.67. The predicted octanol–water partition coefficient (Wildman–Crippen LogP) is 3.46. The average Bonchev–Trinajstić information content (AvgIpc) is 3.16. The van der Waals surface area contributed by atoms with Crippen LogP contribution in [0.25, 0.3) is 16.8 Å². The summed E-state index contributed by atoms with van der Waals surface area (Å²) in [4.78, 5) is 14.4. The monoisotopic (exact) mass is 338 g/mol. The molecule has 0 atom stereocenters. The lowest BCUT2D eigenvalue weighted by Crippen LogP contribution is -2.27.